The number of benzene rings is 3. The molecule has 1 N–H and O–H groups in total. The molecule has 3 atom stereocenters. The third kappa shape index (κ3) is 3.00. The van der Waals surface area contributed by atoms with Crippen LogP contribution >= 0.6 is 23.2 Å². The minimum absolute atomic E-state index is 0.0938. The van der Waals surface area contributed by atoms with E-state index < -0.39 is 45.3 Å². The van der Waals surface area contributed by atoms with E-state index in [0.717, 1.165) is 4.90 Å². The number of likely N-dealkylation sites (tertiary alicyclic amines) is 1. The number of alkyl halides is 2. The van der Waals surface area contributed by atoms with Gasteiger partial charge in [-0.1, -0.05) is 48.5 Å². The quantitative estimate of drug-likeness (QED) is 0.297. The molecule has 1 saturated heterocycles. The number of amides is 3. The average molecular weight is 533 g/mol. The Balaban J connectivity index is 1.40. The van der Waals surface area contributed by atoms with E-state index in [4.69, 9.17) is 23.2 Å². The predicted molar refractivity (Wildman–Crippen MR) is 140 cm³/mol. The number of ketones is 1. The number of hydrogen-bond donors (Lipinski definition) is 1. The lowest BCUT2D eigenvalue weighted by molar-refractivity contribution is -0.146. The van der Waals surface area contributed by atoms with Crippen molar-refractivity contribution in [1.29, 1.82) is 0 Å². The first-order chi connectivity index (χ1) is 17.6. The molecule has 1 fully saturated rings. The maximum absolute atomic E-state index is 14.0. The molecule has 1 heterocycles. The van der Waals surface area contributed by atoms with Crippen molar-refractivity contribution in [3.8, 4) is 0 Å². The Morgan fingerprint density at radius 1 is 0.784 bits per heavy atom. The fraction of sp³-hybridized carbons (Fsp3) is 0.241. The van der Waals surface area contributed by atoms with Crippen LogP contribution in [0.3, 0.4) is 0 Å². The van der Waals surface area contributed by atoms with Crippen LogP contribution in [0.2, 0.25) is 0 Å². The summed E-state index contributed by atoms with van der Waals surface area (Å²) in [6.07, 6.45) is 0. The fourth-order valence-corrected chi connectivity index (χ4v) is 7.32. The van der Waals surface area contributed by atoms with E-state index >= 15 is 0 Å². The van der Waals surface area contributed by atoms with Gasteiger partial charge in [-0.15, -0.1) is 23.2 Å². The van der Waals surface area contributed by atoms with Gasteiger partial charge in [0.05, 0.1) is 11.8 Å². The summed E-state index contributed by atoms with van der Waals surface area (Å²) in [4.78, 5) is 51.1. The number of imide groups is 1. The van der Waals surface area contributed by atoms with Crippen LogP contribution in [-0.2, 0) is 24.1 Å². The average Bonchev–Trinajstić information content (AvgIpc) is 3.18. The lowest BCUT2D eigenvalue weighted by atomic mass is 9.54. The molecule has 0 radical (unpaired) electrons. The van der Waals surface area contributed by atoms with Gasteiger partial charge in [0.25, 0.3) is 0 Å². The van der Waals surface area contributed by atoms with E-state index in [1.165, 1.54) is 13.8 Å². The molecule has 4 aliphatic rings. The highest BCUT2D eigenvalue weighted by Gasteiger charge is 2.73. The normalized spacial score (nSPS) is 27.8. The van der Waals surface area contributed by atoms with E-state index in [2.05, 4.69) is 5.32 Å². The second-order valence-electron chi connectivity index (χ2n) is 9.82. The summed E-state index contributed by atoms with van der Waals surface area (Å²) in [7, 11) is 0. The molecule has 3 aromatic carbocycles. The summed E-state index contributed by atoms with van der Waals surface area (Å²) in [6.45, 7) is 2.97. The third-order valence-electron chi connectivity index (χ3n) is 7.95. The van der Waals surface area contributed by atoms with Gasteiger partial charge in [0.15, 0.2) is 5.78 Å². The lowest BCUT2D eigenvalue weighted by Gasteiger charge is -2.54. The topological polar surface area (TPSA) is 83.6 Å². The number of carbonyl (C=O) groups is 4. The van der Waals surface area contributed by atoms with Crippen LogP contribution in [0.5, 0.6) is 0 Å². The van der Waals surface area contributed by atoms with Gasteiger partial charge < -0.3 is 5.32 Å². The van der Waals surface area contributed by atoms with Crippen LogP contribution in [0, 0.1) is 11.8 Å². The van der Waals surface area contributed by atoms with E-state index in [1.54, 1.807) is 24.3 Å². The Bertz CT molecular complexity index is 1390. The molecule has 8 heteroatoms. The summed E-state index contributed by atoms with van der Waals surface area (Å²) in [5, 5.41) is 2.74. The zero-order valence-corrected chi connectivity index (χ0v) is 21.5. The number of nitrogens with one attached hydrogen (secondary N) is 1. The van der Waals surface area contributed by atoms with E-state index in [0.29, 0.717) is 33.5 Å². The molecule has 186 valence electrons. The molecule has 1 aliphatic heterocycles. The number of hydrogen-bond acceptors (Lipinski definition) is 4. The third-order valence-corrected chi connectivity index (χ3v) is 9.23. The zero-order chi connectivity index (χ0) is 26.3. The van der Waals surface area contributed by atoms with Crippen LogP contribution in [0.15, 0.2) is 72.8 Å². The SMILES string of the molecule is CC(=O)c1ccc(NC(=O)[C@H](C)N2C(=O)[C@@H]3[C@@H](C2=O)C2(Cl)c4ccccc4C3(Cl)c3ccccc32)cc1. The molecule has 3 aromatic rings. The molecule has 0 aromatic heterocycles. The standard InChI is InChI=1S/C29H22Cl2N2O4/c1-15(25(35)32-18-13-11-17(12-14-18)16(2)34)33-26(36)23-24(27(33)37)29(31)20-8-4-3-7-19(20)28(23,30)21-9-5-6-10-22(21)29/h3-15,23-24H,1-2H3,(H,32,35)/t15-,23-,24-,28?,29?/m0/s1. The monoisotopic (exact) mass is 532 g/mol. The van der Waals surface area contributed by atoms with Gasteiger partial charge in [-0.3, -0.25) is 24.1 Å². The van der Waals surface area contributed by atoms with Crippen molar-refractivity contribution in [3.05, 3.63) is 101 Å². The molecule has 3 aliphatic carbocycles. The second kappa shape index (κ2) is 8.01. The Morgan fingerprint density at radius 2 is 1.19 bits per heavy atom. The van der Waals surface area contributed by atoms with Gasteiger partial charge in [0.1, 0.15) is 15.8 Å². The molecule has 0 saturated carbocycles. The van der Waals surface area contributed by atoms with Crippen molar-refractivity contribution in [1.82, 2.24) is 4.90 Å². The highest BCUT2D eigenvalue weighted by Crippen LogP contribution is 2.69. The second-order valence-corrected chi connectivity index (χ2v) is 11.0. The van der Waals surface area contributed by atoms with Crippen molar-refractivity contribution in [2.45, 2.75) is 29.6 Å². The van der Waals surface area contributed by atoms with Gasteiger partial charge in [-0.05, 0) is 60.4 Å². The van der Waals surface area contributed by atoms with Crippen LogP contribution in [0.25, 0.3) is 0 Å². The largest absolute Gasteiger partial charge is 0.324 e. The Morgan fingerprint density at radius 3 is 1.57 bits per heavy atom. The van der Waals surface area contributed by atoms with Gasteiger partial charge in [0, 0.05) is 11.3 Å². The van der Waals surface area contributed by atoms with Crippen LogP contribution in [-0.4, -0.2) is 34.4 Å². The molecular formula is C29H22Cl2N2O4. The molecule has 0 unspecified atom stereocenters. The van der Waals surface area contributed by atoms with E-state index in [1.807, 2.05) is 48.5 Å². The zero-order valence-electron chi connectivity index (χ0n) is 20.0. The first-order valence-corrected chi connectivity index (χ1v) is 12.7. The first kappa shape index (κ1) is 23.9. The molecule has 3 amide bonds. The number of rotatable bonds is 4. The summed E-state index contributed by atoms with van der Waals surface area (Å²) in [5.74, 6) is -3.60. The smallest absolute Gasteiger partial charge is 0.247 e. The minimum atomic E-state index is -1.30. The Hall–Kier alpha value is -3.48. The number of nitrogens with zero attached hydrogens (tertiary/aromatic N) is 1. The molecule has 0 spiro atoms. The van der Waals surface area contributed by atoms with E-state index in [-0.39, 0.29) is 5.78 Å². The van der Waals surface area contributed by atoms with Gasteiger partial charge in [0.2, 0.25) is 17.7 Å². The molecule has 6 nitrogen and oxygen atoms in total. The molecular weight excluding hydrogens is 511 g/mol. The van der Waals surface area contributed by atoms with Crippen molar-refractivity contribution >= 4 is 52.4 Å². The minimum Gasteiger partial charge on any atom is -0.324 e. The maximum atomic E-state index is 14.0. The predicted octanol–water partition coefficient (Wildman–Crippen LogP) is 4.81. The van der Waals surface area contributed by atoms with Gasteiger partial charge in [-0.2, -0.15) is 0 Å². The highest BCUT2D eigenvalue weighted by molar-refractivity contribution is 6.36. The van der Waals surface area contributed by atoms with Crippen molar-refractivity contribution in [3.63, 3.8) is 0 Å². The fourth-order valence-electron chi connectivity index (χ4n) is 6.22. The van der Waals surface area contributed by atoms with Crippen molar-refractivity contribution in [2.75, 3.05) is 5.32 Å². The summed E-state index contributed by atoms with van der Waals surface area (Å²) < 4.78 is 0. The number of Topliss-reactive ketones (excluding diaryl/α,β-unsaturated/α-hetero) is 1. The van der Waals surface area contributed by atoms with Crippen LogP contribution < -0.4 is 5.32 Å². The maximum Gasteiger partial charge on any atom is 0.247 e. The van der Waals surface area contributed by atoms with E-state index in [9.17, 15) is 19.2 Å². The van der Waals surface area contributed by atoms with Crippen LogP contribution in [0.4, 0.5) is 5.69 Å². The summed E-state index contributed by atoms with van der Waals surface area (Å²) >= 11 is 14.8. The number of carbonyl (C=O) groups excluding carboxylic acids is 4. The first-order valence-electron chi connectivity index (χ1n) is 12.0. The Kier molecular flexibility index (Phi) is 5.17. The molecule has 37 heavy (non-hydrogen) atoms. The van der Waals surface area contributed by atoms with Crippen LogP contribution in [0.1, 0.15) is 46.5 Å². The van der Waals surface area contributed by atoms with Gasteiger partial charge >= 0.3 is 0 Å². The molecule has 2 bridgehead atoms. The Labute approximate surface area is 223 Å². The summed E-state index contributed by atoms with van der Waals surface area (Å²) in [5.41, 5.74) is 3.78. The molecule has 7 rings (SSSR count). The summed E-state index contributed by atoms with van der Waals surface area (Å²) in [6, 6.07) is 20.1. The number of anilines is 1. The highest BCUT2D eigenvalue weighted by atomic mass is 35.5. The van der Waals surface area contributed by atoms with Gasteiger partial charge in [-0.25, -0.2) is 0 Å². The lowest BCUT2D eigenvalue weighted by Crippen LogP contribution is -2.57. The van der Waals surface area contributed by atoms with Crippen molar-refractivity contribution in [2.24, 2.45) is 11.8 Å². The number of halogens is 2. The van der Waals surface area contributed by atoms with Crippen molar-refractivity contribution < 1.29 is 19.2 Å².